The monoisotopic (exact) mass is 372 g/mol. The van der Waals surface area contributed by atoms with Gasteiger partial charge >= 0.3 is 0 Å². The molecule has 6 heteroatoms. The lowest BCUT2D eigenvalue weighted by Crippen LogP contribution is -2.28. The predicted octanol–water partition coefficient (Wildman–Crippen LogP) is 4.65. The largest absolute Gasteiger partial charge is 0.326 e. The minimum Gasteiger partial charge on any atom is -0.326 e. The molecule has 0 bridgehead atoms. The highest BCUT2D eigenvalue weighted by molar-refractivity contribution is 8.00. The molecular formula is C20H21FN2O2S. The Hall–Kier alpha value is -2.34. The van der Waals surface area contributed by atoms with E-state index in [1.165, 1.54) is 22.7 Å². The summed E-state index contributed by atoms with van der Waals surface area (Å²) in [6, 6.07) is 12.2. The van der Waals surface area contributed by atoms with Gasteiger partial charge in [0.2, 0.25) is 11.8 Å². The van der Waals surface area contributed by atoms with Crippen LogP contribution in [0.3, 0.4) is 0 Å². The molecule has 3 rings (SSSR count). The molecule has 0 aliphatic carbocycles. The highest BCUT2D eigenvalue weighted by Crippen LogP contribution is 2.42. The molecule has 4 nitrogen and oxygen atoms in total. The van der Waals surface area contributed by atoms with E-state index >= 15 is 0 Å². The Balaban J connectivity index is 1.84. The second-order valence-electron chi connectivity index (χ2n) is 6.30. The smallest absolute Gasteiger partial charge is 0.238 e. The van der Waals surface area contributed by atoms with Gasteiger partial charge in [0, 0.05) is 12.1 Å². The van der Waals surface area contributed by atoms with Gasteiger partial charge in [0.1, 0.15) is 11.2 Å². The van der Waals surface area contributed by atoms with Crippen molar-refractivity contribution in [2.75, 3.05) is 16.0 Å². The molecule has 2 aromatic rings. The van der Waals surface area contributed by atoms with Crippen molar-refractivity contribution in [3.05, 3.63) is 59.4 Å². The Kier molecular flexibility index (Phi) is 5.61. The number of anilines is 2. The van der Waals surface area contributed by atoms with Crippen LogP contribution in [0.25, 0.3) is 0 Å². The molecule has 0 saturated carbocycles. The first-order chi connectivity index (χ1) is 12.5. The van der Waals surface area contributed by atoms with Gasteiger partial charge in [-0.2, -0.15) is 0 Å². The highest BCUT2D eigenvalue weighted by Gasteiger charge is 2.35. The summed E-state index contributed by atoms with van der Waals surface area (Å²) in [5.41, 5.74) is 2.83. The maximum absolute atomic E-state index is 14.3. The van der Waals surface area contributed by atoms with Gasteiger partial charge in [-0.1, -0.05) is 25.1 Å². The number of aryl methyl sites for hydroxylation is 1. The van der Waals surface area contributed by atoms with Crippen molar-refractivity contribution in [3.63, 3.8) is 0 Å². The number of nitrogens with one attached hydrogen (secondary N) is 1. The molecule has 136 valence electrons. The summed E-state index contributed by atoms with van der Waals surface area (Å²) in [7, 11) is 0. The summed E-state index contributed by atoms with van der Waals surface area (Å²) in [6.45, 7) is 3.83. The van der Waals surface area contributed by atoms with Crippen LogP contribution in [0.5, 0.6) is 0 Å². The van der Waals surface area contributed by atoms with Crippen LogP contribution >= 0.6 is 11.8 Å². The fourth-order valence-electron chi connectivity index (χ4n) is 2.92. The third kappa shape index (κ3) is 3.90. The maximum Gasteiger partial charge on any atom is 0.238 e. The Morgan fingerprint density at radius 2 is 2.00 bits per heavy atom. The zero-order valence-electron chi connectivity index (χ0n) is 14.8. The number of benzene rings is 2. The molecule has 26 heavy (non-hydrogen) atoms. The van der Waals surface area contributed by atoms with Crippen LogP contribution < -0.4 is 10.2 Å². The number of halogens is 1. The minimum atomic E-state index is -0.403. The van der Waals surface area contributed by atoms with Crippen LogP contribution in [-0.4, -0.2) is 17.6 Å². The summed E-state index contributed by atoms with van der Waals surface area (Å²) in [5.74, 6) is -0.216. The predicted molar refractivity (Wildman–Crippen MR) is 104 cm³/mol. The van der Waals surface area contributed by atoms with Crippen LogP contribution in [0.4, 0.5) is 15.8 Å². The molecule has 1 atom stereocenters. The zero-order valence-corrected chi connectivity index (χ0v) is 15.6. The molecule has 2 amide bonds. The summed E-state index contributed by atoms with van der Waals surface area (Å²) in [5, 5.41) is 2.56. The quantitative estimate of drug-likeness (QED) is 0.831. The number of hydrogen-bond acceptors (Lipinski definition) is 3. The van der Waals surface area contributed by atoms with Crippen molar-refractivity contribution in [2.24, 2.45) is 0 Å². The van der Waals surface area contributed by atoms with E-state index in [9.17, 15) is 14.0 Å². The molecule has 0 unspecified atom stereocenters. The average molecular weight is 372 g/mol. The topological polar surface area (TPSA) is 49.4 Å². The van der Waals surface area contributed by atoms with Crippen molar-refractivity contribution in [1.29, 1.82) is 0 Å². The van der Waals surface area contributed by atoms with E-state index in [-0.39, 0.29) is 17.2 Å². The van der Waals surface area contributed by atoms with Gasteiger partial charge < -0.3 is 5.32 Å². The lowest BCUT2D eigenvalue weighted by atomic mass is 10.1. The fourth-order valence-corrected chi connectivity index (χ4v) is 4.09. The first-order valence-corrected chi connectivity index (χ1v) is 9.64. The Morgan fingerprint density at radius 1 is 1.27 bits per heavy atom. The molecule has 1 aliphatic rings. The zero-order chi connectivity index (χ0) is 18.7. The summed E-state index contributed by atoms with van der Waals surface area (Å²) in [6.07, 6.45) is 1.27. The molecule has 1 aliphatic heterocycles. The molecule has 1 fully saturated rings. The van der Waals surface area contributed by atoms with Crippen molar-refractivity contribution >= 4 is 35.0 Å². The molecule has 0 spiro atoms. The Morgan fingerprint density at radius 3 is 2.69 bits per heavy atom. The summed E-state index contributed by atoms with van der Waals surface area (Å²) >= 11 is 1.47. The minimum absolute atomic E-state index is 0.0193. The second kappa shape index (κ2) is 7.91. The number of amides is 2. The first kappa shape index (κ1) is 18.5. The van der Waals surface area contributed by atoms with Gasteiger partial charge in [-0.05, 0) is 48.7 Å². The molecule has 0 radical (unpaired) electrons. The van der Waals surface area contributed by atoms with E-state index in [0.29, 0.717) is 17.9 Å². The first-order valence-electron chi connectivity index (χ1n) is 8.59. The maximum atomic E-state index is 14.3. The SMILES string of the molecule is CCCC(=O)Nc1ccc([C@H]2SCC(=O)N2c2cc(C)ccc2F)cc1. The van der Waals surface area contributed by atoms with Crippen molar-refractivity contribution in [3.8, 4) is 0 Å². The highest BCUT2D eigenvalue weighted by atomic mass is 32.2. The standard InChI is InChI=1S/C20H21FN2O2S/c1-3-4-18(24)22-15-8-6-14(7-9-15)20-23(19(25)12-26-20)17-11-13(2)5-10-16(17)21/h5-11,20H,3-4,12H2,1-2H3,(H,22,24)/t20-/m1/s1. The number of hydrogen-bond donors (Lipinski definition) is 1. The van der Waals surface area contributed by atoms with Gasteiger partial charge in [-0.15, -0.1) is 11.8 Å². The van der Waals surface area contributed by atoms with Crippen molar-refractivity contribution in [1.82, 2.24) is 0 Å². The van der Waals surface area contributed by atoms with Gasteiger partial charge in [0.25, 0.3) is 0 Å². The van der Waals surface area contributed by atoms with E-state index in [0.717, 1.165) is 23.2 Å². The Bertz CT molecular complexity index is 823. The lowest BCUT2D eigenvalue weighted by molar-refractivity contribution is -0.116. The lowest BCUT2D eigenvalue weighted by Gasteiger charge is -2.25. The van der Waals surface area contributed by atoms with E-state index in [1.807, 2.05) is 38.1 Å². The van der Waals surface area contributed by atoms with Crippen LogP contribution in [0.2, 0.25) is 0 Å². The van der Waals surface area contributed by atoms with Crippen molar-refractivity contribution < 1.29 is 14.0 Å². The van der Waals surface area contributed by atoms with Gasteiger partial charge in [-0.25, -0.2) is 4.39 Å². The third-order valence-corrected chi connectivity index (χ3v) is 5.40. The second-order valence-corrected chi connectivity index (χ2v) is 7.37. The average Bonchev–Trinajstić information content (AvgIpc) is 2.99. The Labute approximate surface area is 156 Å². The van der Waals surface area contributed by atoms with Crippen LogP contribution in [0, 0.1) is 12.7 Å². The number of carbonyl (C=O) groups is 2. The number of thioether (sulfide) groups is 1. The van der Waals surface area contributed by atoms with E-state index in [4.69, 9.17) is 0 Å². The normalized spacial score (nSPS) is 16.8. The summed E-state index contributed by atoms with van der Waals surface area (Å²) in [4.78, 5) is 25.6. The molecule has 1 heterocycles. The fraction of sp³-hybridized carbons (Fsp3) is 0.300. The number of nitrogens with zero attached hydrogens (tertiary/aromatic N) is 1. The van der Waals surface area contributed by atoms with Gasteiger partial charge in [0.15, 0.2) is 0 Å². The van der Waals surface area contributed by atoms with E-state index in [2.05, 4.69) is 5.32 Å². The molecule has 1 saturated heterocycles. The third-order valence-electron chi connectivity index (χ3n) is 4.19. The van der Waals surface area contributed by atoms with Crippen LogP contribution in [0.1, 0.15) is 36.3 Å². The van der Waals surface area contributed by atoms with Crippen LogP contribution in [0.15, 0.2) is 42.5 Å². The number of rotatable bonds is 5. The number of carbonyl (C=O) groups excluding carboxylic acids is 2. The van der Waals surface area contributed by atoms with E-state index in [1.54, 1.807) is 12.1 Å². The molecule has 2 aromatic carbocycles. The van der Waals surface area contributed by atoms with Gasteiger partial charge in [0.05, 0.1) is 11.4 Å². The molecular weight excluding hydrogens is 351 g/mol. The van der Waals surface area contributed by atoms with Crippen LogP contribution in [-0.2, 0) is 9.59 Å². The molecule has 1 N–H and O–H groups in total. The van der Waals surface area contributed by atoms with E-state index < -0.39 is 5.82 Å². The van der Waals surface area contributed by atoms with Crippen molar-refractivity contribution in [2.45, 2.75) is 32.1 Å². The summed E-state index contributed by atoms with van der Waals surface area (Å²) < 4.78 is 14.3. The van der Waals surface area contributed by atoms with Gasteiger partial charge in [-0.3, -0.25) is 14.5 Å². The molecule has 0 aromatic heterocycles.